The first-order valence-electron chi connectivity index (χ1n) is 35.2. The second-order valence-electron chi connectivity index (χ2n) is 29.1. The van der Waals surface area contributed by atoms with Gasteiger partial charge in [-0.2, -0.15) is 44.5 Å². The van der Waals surface area contributed by atoms with Crippen molar-refractivity contribution in [3.63, 3.8) is 0 Å². The number of primary amides is 1. The number of amides is 2. The SMILES string of the molecule is C.CC(=O)OOC(C)=O.CC(C)(C)O.CN(C)C[C@H]1CN(C(=O)OC(C)(C)C)CC[C@]1(O)c1cccc(C#N)c1.CN(C)C[C@H]1CN(CCc2ccsc2)CC[C@]1(O)c1cccc(C#N)c1.CN(C)C[C@H]1CN(CCc2ccsc2)CC[C@]1(O)c1cccc(C(N)=O)c1.Cl.ClCCl.O=CCc1ccsc1.[B-]OC(C)=O.[K+].[Na+].[OH-]. The van der Waals surface area contributed by atoms with Crippen LogP contribution in [0.1, 0.15) is 144 Å². The van der Waals surface area contributed by atoms with Gasteiger partial charge >= 0.3 is 99.0 Å². The molecule has 0 spiro atoms. The Balaban J connectivity index is -0.000000656. The summed E-state index contributed by atoms with van der Waals surface area (Å²) < 4.78 is 9.10. The number of aliphatic hydroxyl groups is 4. The molecule has 6 heterocycles. The normalized spacial score (nSPS) is 18.8. The number of hydrogen-bond acceptors (Lipinski definition) is 25. The number of ether oxygens (including phenoxy) is 1. The van der Waals surface area contributed by atoms with E-state index in [0.29, 0.717) is 62.0 Å². The quantitative estimate of drug-likeness (QED) is 0.0220. The first-order chi connectivity index (χ1) is 50.7. The summed E-state index contributed by atoms with van der Waals surface area (Å²) in [6.07, 6.45) is 4.97. The molecule has 113 heavy (non-hydrogen) atoms. The molecular weight excluding hydrogens is 1600 g/mol. The van der Waals surface area contributed by atoms with Crippen LogP contribution >= 0.6 is 69.6 Å². The van der Waals surface area contributed by atoms with Gasteiger partial charge in [-0.15, -0.1) is 35.6 Å². The van der Waals surface area contributed by atoms with E-state index in [2.05, 4.69) is 102 Å². The zero-order valence-electron chi connectivity index (χ0n) is 68.1. The number of piperidine rings is 3. The number of carbonyl (C=O) groups is 6. The van der Waals surface area contributed by atoms with E-state index in [9.17, 15) is 49.3 Å². The van der Waals surface area contributed by atoms with Crippen molar-refractivity contribution in [3.05, 3.63) is 173 Å². The summed E-state index contributed by atoms with van der Waals surface area (Å²) in [5, 5.41) is 74.4. The number of nitrogens with two attached hydrogens (primary N) is 1. The Morgan fingerprint density at radius 3 is 1.26 bits per heavy atom. The molecule has 6 atom stereocenters. The Morgan fingerprint density at radius 2 is 0.956 bits per heavy atom. The summed E-state index contributed by atoms with van der Waals surface area (Å²) >= 11 is 14.6. The third-order valence-corrected chi connectivity index (χ3v) is 19.0. The number of hydrogen-bond donors (Lipinski definition) is 5. The largest absolute Gasteiger partial charge is 1.00 e. The third kappa shape index (κ3) is 46.0. The number of thiophene rings is 3. The van der Waals surface area contributed by atoms with Gasteiger partial charge in [0.1, 0.15) is 11.9 Å². The number of alkyl halides is 2. The van der Waals surface area contributed by atoms with Gasteiger partial charge in [0.2, 0.25) is 11.9 Å². The summed E-state index contributed by atoms with van der Waals surface area (Å²) in [6, 6.07) is 32.4. The Hall–Kier alpha value is -4.27. The molecule has 2 amide bonds. The molecule has 0 bridgehead atoms. The average molecular weight is 1720 g/mol. The van der Waals surface area contributed by atoms with Crippen molar-refractivity contribution in [1.82, 2.24) is 29.4 Å². The molecule has 9 rings (SSSR count). The molecule has 3 aromatic heterocycles. The fraction of sp³-hybridized carbons (Fsp3) is 0.525. The van der Waals surface area contributed by atoms with E-state index in [0.717, 1.165) is 108 Å². The zero-order chi connectivity index (χ0) is 81.4. The van der Waals surface area contributed by atoms with Crippen molar-refractivity contribution >= 4 is 114 Å². The summed E-state index contributed by atoms with van der Waals surface area (Å²) in [7, 11) is 16.4. The van der Waals surface area contributed by atoms with E-state index in [4.69, 9.17) is 44.0 Å². The predicted octanol–water partition coefficient (Wildman–Crippen LogP) is 5.90. The van der Waals surface area contributed by atoms with Crippen LogP contribution in [-0.4, -0.2) is 230 Å². The van der Waals surface area contributed by atoms with Gasteiger partial charge in [-0.1, -0.05) is 43.8 Å². The van der Waals surface area contributed by atoms with Gasteiger partial charge < -0.3 is 83.3 Å². The predicted molar refractivity (Wildman–Crippen MR) is 445 cm³/mol. The van der Waals surface area contributed by atoms with E-state index < -0.39 is 51.8 Å². The molecule has 7 N–H and O–H groups in total. The van der Waals surface area contributed by atoms with Crippen molar-refractivity contribution in [2.24, 2.45) is 23.5 Å². The summed E-state index contributed by atoms with van der Waals surface area (Å²) in [5.74, 6) is -2.22. The smallest absolute Gasteiger partial charge is 0.870 e. The molecule has 0 unspecified atom stereocenters. The van der Waals surface area contributed by atoms with Crippen LogP contribution in [-0.2, 0) is 74.4 Å². The van der Waals surface area contributed by atoms with Crippen LogP contribution < -0.4 is 86.7 Å². The number of aldehydes is 1. The zero-order valence-corrected chi connectivity index (χ0v) is 78.0. The first-order valence-corrected chi connectivity index (χ1v) is 39.1. The van der Waals surface area contributed by atoms with Crippen molar-refractivity contribution in [2.45, 2.75) is 136 Å². The molecule has 3 aromatic carbocycles. The minimum atomic E-state index is -1.09. The van der Waals surface area contributed by atoms with Gasteiger partial charge in [-0.05, 0) is 236 Å². The van der Waals surface area contributed by atoms with Crippen LogP contribution in [0.15, 0.2) is 123 Å². The van der Waals surface area contributed by atoms with E-state index in [-0.39, 0.29) is 135 Å². The fourth-order valence-electron chi connectivity index (χ4n) is 11.9. The number of halogens is 3. The van der Waals surface area contributed by atoms with Crippen LogP contribution in [0.3, 0.4) is 0 Å². The van der Waals surface area contributed by atoms with Gasteiger partial charge in [0, 0.05) is 123 Å². The molecule has 0 aliphatic carbocycles. The molecule has 3 aliphatic rings. The summed E-state index contributed by atoms with van der Waals surface area (Å²) in [4.78, 5) is 83.5. The third-order valence-electron chi connectivity index (χ3n) is 16.8. The van der Waals surface area contributed by atoms with Crippen molar-refractivity contribution in [2.75, 3.05) is 120 Å². The molecule has 3 fully saturated rings. The molecular formula is C80H118BCl3KN9NaO15S3. The monoisotopic (exact) mass is 1720 g/mol. The van der Waals surface area contributed by atoms with Gasteiger partial charge in [0.25, 0.3) is 0 Å². The van der Waals surface area contributed by atoms with Crippen LogP contribution in [0, 0.1) is 40.4 Å². The second-order valence-corrected chi connectivity index (χ2v) is 32.2. The van der Waals surface area contributed by atoms with Crippen LogP contribution in [0.5, 0.6) is 0 Å². The molecule has 33 heteroatoms. The van der Waals surface area contributed by atoms with Crippen LogP contribution in [0.2, 0.25) is 0 Å². The van der Waals surface area contributed by atoms with E-state index in [1.807, 2.05) is 107 Å². The fourth-order valence-corrected chi connectivity index (χ4v) is 14.0. The van der Waals surface area contributed by atoms with Gasteiger partial charge in [0.05, 0.1) is 51.0 Å². The number of nitriles is 2. The van der Waals surface area contributed by atoms with Crippen LogP contribution in [0.25, 0.3) is 0 Å². The van der Waals surface area contributed by atoms with E-state index in [1.165, 1.54) is 18.1 Å². The van der Waals surface area contributed by atoms with E-state index >= 15 is 0 Å². The molecule has 6 aromatic rings. The van der Waals surface area contributed by atoms with Crippen molar-refractivity contribution < 1.29 is 155 Å². The van der Waals surface area contributed by atoms with Crippen molar-refractivity contribution in [3.8, 4) is 12.1 Å². The van der Waals surface area contributed by atoms with Gasteiger partial charge in [-0.25, -0.2) is 24.2 Å². The summed E-state index contributed by atoms with van der Waals surface area (Å²) in [5.41, 5.74) is 9.33. The molecule has 3 aliphatic heterocycles. The molecule has 3 radical (unpaired) electrons. The van der Waals surface area contributed by atoms with Crippen molar-refractivity contribution in [1.29, 1.82) is 10.5 Å². The number of nitrogens with zero attached hydrogens (tertiary/aromatic N) is 8. The van der Waals surface area contributed by atoms with Crippen LogP contribution in [0.4, 0.5) is 4.79 Å². The number of rotatable bonds is 18. The Bertz CT molecular complexity index is 3710. The Labute approximate surface area is 765 Å². The standard InChI is InChI=1S/C21H29N3O2S.C21H27N3OS.C20H29N3O3.C6H6OS.C4H6O4.C4H10O.C2H3BO2.CH2Cl2.CH4.ClH.K.Na.H2O/c1-23(2)13-19-14-24(9-6-16-7-11-27-15-16)10-8-21(19,26)18-5-3-4-17(12-18)20(22)25;1-23(2)14-20-15-24(9-6-17-7-11-26-16-17)10-8-21(20,25)19-5-3-4-18(12-19)13-22;1-19(2,3)26-18(24)23-10-9-20(25,17(14-23)13-22(4)5)16-8-6-7-15(11-16)12-21;7-3-1-6-2-4-8-5-6;1-3(5)7-8-4(2)6;1-4(2,3)5;1-2(4)5-3;2-1-3;;;;;/h3-5,7,11-12,15,19,26H,6,8-10,13-14H2,1-2H3,(H2,22,25);3-5,7,11-12,16,20,25H,6,8-10,14-15H2,1-2H3;6-8,11,17,25H,9-10,13-14H2,1-5H3;2-5H,1H2;1-2H3;5H,1-3H3;1H3;1H2;1H4;1H;;;1H2/q;;;;;;-1;;;;2*+1;/p-1/t19-,21-;20-,21-;17-,20-;;;;;;;;;;/m000........../s1. The maximum atomic E-state index is 12.5. The average Bonchev–Trinajstić information content (AvgIpc) is 0.897. The minimum absolute atomic E-state index is 0. The Morgan fingerprint density at radius 1 is 0.619 bits per heavy atom. The number of benzene rings is 3. The summed E-state index contributed by atoms with van der Waals surface area (Å²) in [6.45, 7) is 22.8. The maximum Gasteiger partial charge on any atom is 1.00 e. The molecule has 24 nitrogen and oxygen atoms in total. The Kier molecular flexibility index (Phi) is 60.5. The second kappa shape index (κ2) is 59.4. The van der Waals surface area contributed by atoms with Gasteiger partial charge in [-0.3, -0.25) is 9.59 Å². The first kappa shape index (κ1) is 115. The topological polar surface area (TPSA) is 343 Å². The minimum Gasteiger partial charge on any atom is -0.870 e. The number of likely N-dealkylation sites (tertiary alicyclic amines) is 3. The van der Waals surface area contributed by atoms with Gasteiger partial charge in [0.15, 0.2) is 0 Å². The maximum absolute atomic E-state index is 12.5. The molecule has 0 saturated carbocycles. The number of carbonyl (C=O) groups excluding carboxylic acids is 6. The molecule has 3 saturated heterocycles. The molecule has 617 valence electrons. The van der Waals surface area contributed by atoms with E-state index in [1.54, 1.807) is 96.1 Å².